The molecule has 2 aromatic rings. The lowest BCUT2D eigenvalue weighted by atomic mass is 10.0. The number of rotatable bonds is 8. The monoisotopic (exact) mass is 403 g/mol. The smallest absolute Gasteiger partial charge is 0.258 e. The van der Waals surface area contributed by atoms with Crippen molar-refractivity contribution in [3.63, 3.8) is 0 Å². The van der Waals surface area contributed by atoms with Crippen LogP contribution in [0.25, 0.3) is 0 Å². The van der Waals surface area contributed by atoms with Crippen molar-refractivity contribution in [2.24, 2.45) is 0 Å². The third-order valence-corrected chi connectivity index (χ3v) is 4.41. The van der Waals surface area contributed by atoms with Crippen molar-refractivity contribution in [2.75, 3.05) is 6.61 Å². The van der Waals surface area contributed by atoms with Crippen molar-refractivity contribution in [1.82, 2.24) is 5.32 Å². The van der Waals surface area contributed by atoms with E-state index in [1.54, 1.807) is 24.3 Å². The van der Waals surface area contributed by atoms with Gasteiger partial charge in [-0.25, -0.2) is 0 Å². The number of carbonyl (C=O) groups is 2. The van der Waals surface area contributed by atoms with Gasteiger partial charge >= 0.3 is 0 Å². The van der Waals surface area contributed by atoms with Crippen LogP contribution in [0.1, 0.15) is 48.7 Å². The predicted octanol–water partition coefficient (Wildman–Crippen LogP) is 4.69. The zero-order valence-electron chi connectivity index (χ0n) is 14.4. The number of ketones is 1. The minimum absolute atomic E-state index is 0.0475. The summed E-state index contributed by atoms with van der Waals surface area (Å²) in [6, 6.07) is 14.7. The van der Waals surface area contributed by atoms with E-state index in [4.69, 9.17) is 4.74 Å². The molecule has 0 aliphatic rings. The minimum atomic E-state index is -0.177. The van der Waals surface area contributed by atoms with E-state index in [-0.39, 0.29) is 24.3 Å². The molecule has 0 fully saturated rings. The van der Waals surface area contributed by atoms with Gasteiger partial charge in [0.25, 0.3) is 5.91 Å². The molecule has 0 aliphatic carbocycles. The third-order valence-electron chi connectivity index (χ3n) is 3.88. The maximum atomic E-state index is 12.1. The highest BCUT2D eigenvalue weighted by atomic mass is 79.9. The van der Waals surface area contributed by atoms with E-state index in [0.717, 1.165) is 16.5 Å². The molecular weight excluding hydrogens is 382 g/mol. The molecule has 0 radical (unpaired) electrons. The molecule has 25 heavy (non-hydrogen) atoms. The number of benzene rings is 2. The number of Topliss-reactive ketones (excluding diaryl/α,β-unsaturated/α-hetero) is 1. The van der Waals surface area contributed by atoms with Crippen LogP contribution in [-0.4, -0.2) is 18.3 Å². The van der Waals surface area contributed by atoms with Crippen LogP contribution in [0.2, 0.25) is 0 Å². The summed E-state index contributed by atoms with van der Waals surface area (Å²) in [5, 5.41) is 2.98. The van der Waals surface area contributed by atoms with Gasteiger partial charge in [0.1, 0.15) is 5.75 Å². The Balaban J connectivity index is 1.88. The summed E-state index contributed by atoms with van der Waals surface area (Å²) in [6.07, 6.45) is 1.26. The summed E-state index contributed by atoms with van der Waals surface area (Å²) < 4.78 is 6.51. The van der Waals surface area contributed by atoms with Crippen LogP contribution >= 0.6 is 15.9 Å². The molecule has 0 heterocycles. The van der Waals surface area contributed by atoms with Gasteiger partial charge in [0, 0.05) is 16.5 Å². The number of hydrogen-bond acceptors (Lipinski definition) is 3. The van der Waals surface area contributed by atoms with Gasteiger partial charge in [0.2, 0.25) is 0 Å². The lowest BCUT2D eigenvalue weighted by Gasteiger charge is -2.18. The Morgan fingerprint density at radius 1 is 1.04 bits per heavy atom. The second-order valence-electron chi connectivity index (χ2n) is 5.67. The van der Waals surface area contributed by atoms with Gasteiger partial charge in [-0.3, -0.25) is 9.59 Å². The highest BCUT2D eigenvalue weighted by Gasteiger charge is 2.13. The molecule has 0 aromatic heterocycles. The van der Waals surface area contributed by atoms with Gasteiger partial charge in [-0.2, -0.15) is 0 Å². The summed E-state index contributed by atoms with van der Waals surface area (Å²) in [4.78, 5) is 23.7. The number of hydrogen-bond donors (Lipinski definition) is 1. The van der Waals surface area contributed by atoms with Crippen molar-refractivity contribution in [1.29, 1.82) is 0 Å². The molecule has 2 rings (SSSR count). The maximum Gasteiger partial charge on any atom is 0.258 e. The molecule has 1 N–H and O–H groups in total. The fourth-order valence-corrected chi connectivity index (χ4v) is 2.71. The molecule has 4 nitrogen and oxygen atoms in total. The Hall–Kier alpha value is -2.14. The van der Waals surface area contributed by atoms with Crippen molar-refractivity contribution in [3.8, 4) is 5.75 Å². The van der Waals surface area contributed by atoms with Crippen LogP contribution in [0.3, 0.4) is 0 Å². The van der Waals surface area contributed by atoms with Gasteiger partial charge in [0.05, 0.1) is 6.04 Å². The van der Waals surface area contributed by atoms with Crippen LogP contribution in [0.4, 0.5) is 0 Å². The Labute approximate surface area is 156 Å². The van der Waals surface area contributed by atoms with Crippen LogP contribution in [0.15, 0.2) is 53.0 Å². The standard InChI is InChI=1S/C20H22BrNO3/c1-3-18(14-5-9-16(21)10-6-14)22-20(24)13-25-17-11-7-15(8-12-17)19(23)4-2/h5-12,18H,3-4,13H2,1-2H3,(H,22,24)/t18-/m0/s1. The quantitative estimate of drug-likeness (QED) is 0.650. The number of amides is 1. The van der Waals surface area contributed by atoms with E-state index in [2.05, 4.69) is 21.2 Å². The van der Waals surface area contributed by atoms with Gasteiger partial charge < -0.3 is 10.1 Å². The fourth-order valence-electron chi connectivity index (χ4n) is 2.44. The lowest BCUT2D eigenvalue weighted by Crippen LogP contribution is -2.32. The molecule has 0 spiro atoms. The van der Waals surface area contributed by atoms with E-state index in [1.165, 1.54) is 0 Å². The molecule has 132 valence electrons. The van der Waals surface area contributed by atoms with E-state index in [0.29, 0.717) is 17.7 Å². The first kappa shape index (κ1) is 19.2. The second-order valence-corrected chi connectivity index (χ2v) is 6.59. The summed E-state index contributed by atoms with van der Waals surface area (Å²) in [5.41, 5.74) is 1.71. The fraction of sp³-hybridized carbons (Fsp3) is 0.300. The van der Waals surface area contributed by atoms with Crippen LogP contribution < -0.4 is 10.1 Å². The summed E-state index contributed by atoms with van der Waals surface area (Å²) >= 11 is 3.41. The Morgan fingerprint density at radius 2 is 1.68 bits per heavy atom. The second kappa shape index (κ2) is 9.37. The molecule has 0 saturated carbocycles. The molecule has 1 atom stereocenters. The SMILES string of the molecule is CCC(=O)c1ccc(OCC(=O)N[C@@H](CC)c2ccc(Br)cc2)cc1. The molecule has 0 saturated heterocycles. The molecule has 1 amide bonds. The average Bonchev–Trinajstić information content (AvgIpc) is 2.65. The largest absolute Gasteiger partial charge is 0.484 e. The summed E-state index contributed by atoms with van der Waals surface area (Å²) in [7, 11) is 0. The first-order valence-electron chi connectivity index (χ1n) is 8.34. The zero-order chi connectivity index (χ0) is 18.2. The van der Waals surface area contributed by atoms with Gasteiger partial charge in [-0.1, -0.05) is 41.9 Å². The van der Waals surface area contributed by atoms with E-state index in [9.17, 15) is 9.59 Å². The average molecular weight is 404 g/mol. The maximum absolute atomic E-state index is 12.1. The number of ether oxygens (including phenoxy) is 1. The third kappa shape index (κ3) is 5.71. The number of halogens is 1. The van der Waals surface area contributed by atoms with E-state index >= 15 is 0 Å². The summed E-state index contributed by atoms with van der Waals surface area (Å²) in [5.74, 6) is 0.479. The normalized spacial score (nSPS) is 11.6. The minimum Gasteiger partial charge on any atom is -0.484 e. The zero-order valence-corrected chi connectivity index (χ0v) is 16.0. The van der Waals surface area contributed by atoms with Crippen molar-refractivity contribution in [3.05, 3.63) is 64.1 Å². The van der Waals surface area contributed by atoms with Gasteiger partial charge in [-0.05, 0) is 48.4 Å². The molecule has 5 heteroatoms. The molecule has 0 unspecified atom stereocenters. The lowest BCUT2D eigenvalue weighted by molar-refractivity contribution is -0.123. The van der Waals surface area contributed by atoms with Gasteiger partial charge in [-0.15, -0.1) is 0 Å². The number of nitrogens with one attached hydrogen (secondary N) is 1. The topological polar surface area (TPSA) is 55.4 Å². The number of carbonyl (C=O) groups excluding carboxylic acids is 2. The Kier molecular flexibility index (Phi) is 7.19. The van der Waals surface area contributed by atoms with Crippen molar-refractivity contribution in [2.45, 2.75) is 32.7 Å². The van der Waals surface area contributed by atoms with Crippen molar-refractivity contribution >= 4 is 27.6 Å². The molecule has 2 aromatic carbocycles. The predicted molar refractivity (Wildman–Crippen MR) is 102 cm³/mol. The van der Waals surface area contributed by atoms with Gasteiger partial charge in [0.15, 0.2) is 12.4 Å². The highest BCUT2D eigenvalue weighted by Crippen LogP contribution is 2.19. The first-order valence-corrected chi connectivity index (χ1v) is 9.13. The summed E-state index contributed by atoms with van der Waals surface area (Å²) in [6.45, 7) is 3.79. The molecular formula is C20H22BrNO3. The highest BCUT2D eigenvalue weighted by molar-refractivity contribution is 9.10. The molecule has 0 aliphatic heterocycles. The van der Waals surface area contributed by atoms with E-state index < -0.39 is 0 Å². The van der Waals surface area contributed by atoms with Crippen LogP contribution in [0.5, 0.6) is 5.75 Å². The Bertz CT molecular complexity index is 711. The Morgan fingerprint density at radius 3 is 2.24 bits per heavy atom. The van der Waals surface area contributed by atoms with Crippen molar-refractivity contribution < 1.29 is 14.3 Å². The van der Waals surface area contributed by atoms with Crippen LogP contribution in [0, 0.1) is 0 Å². The molecule has 0 bridgehead atoms. The van der Waals surface area contributed by atoms with Crippen LogP contribution in [-0.2, 0) is 4.79 Å². The van der Waals surface area contributed by atoms with E-state index in [1.807, 2.05) is 38.1 Å². The first-order chi connectivity index (χ1) is 12.0.